The summed E-state index contributed by atoms with van der Waals surface area (Å²) in [7, 11) is 0. The molecule has 1 aliphatic rings. The number of nitrogens with one attached hydrogen (secondary N) is 1. The van der Waals surface area contributed by atoms with E-state index in [-0.39, 0.29) is 5.91 Å². The van der Waals surface area contributed by atoms with Crippen LogP contribution >= 0.6 is 0 Å². The largest absolute Gasteiger partial charge is 0.378 e. The van der Waals surface area contributed by atoms with Crippen molar-refractivity contribution in [2.75, 3.05) is 36.5 Å². The second-order valence-corrected chi connectivity index (χ2v) is 6.65. The van der Waals surface area contributed by atoms with Gasteiger partial charge in [-0.25, -0.2) is 9.67 Å². The van der Waals surface area contributed by atoms with Gasteiger partial charge in [0.05, 0.1) is 37.8 Å². The van der Waals surface area contributed by atoms with E-state index in [0.717, 1.165) is 24.5 Å². The number of amides is 1. The summed E-state index contributed by atoms with van der Waals surface area (Å²) in [6.07, 6.45) is 6.54. The van der Waals surface area contributed by atoms with Crippen LogP contribution in [-0.2, 0) is 16.1 Å². The van der Waals surface area contributed by atoms with Gasteiger partial charge in [-0.05, 0) is 23.8 Å². The first-order valence-corrected chi connectivity index (χ1v) is 9.48. The SMILES string of the molecule is O=C(/C=C/c1cn(Cc2ccccc2)nn1)Nc1ccc(N2CCOCC2)nc1. The quantitative estimate of drug-likeness (QED) is 0.650. The third-order valence-corrected chi connectivity index (χ3v) is 4.50. The van der Waals surface area contributed by atoms with E-state index >= 15 is 0 Å². The molecule has 0 unspecified atom stereocenters. The van der Waals surface area contributed by atoms with Crippen molar-refractivity contribution < 1.29 is 9.53 Å². The Morgan fingerprint density at radius 2 is 1.97 bits per heavy atom. The van der Waals surface area contributed by atoms with Crippen LogP contribution in [0.15, 0.2) is 60.9 Å². The number of benzene rings is 1. The molecule has 1 aliphatic heterocycles. The summed E-state index contributed by atoms with van der Waals surface area (Å²) in [5.41, 5.74) is 2.40. The number of ether oxygens (including phenoxy) is 1. The first-order valence-electron chi connectivity index (χ1n) is 9.48. The molecule has 1 aromatic carbocycles. The average Bonchev–Trinajstić information content (AvgIpc) is 3.21. The minimum atomic E-state index is -0.247. The van der Waals surface area contributed by atoms with E-state index in [1.165, 1.54) is 6.08 Å². The number of hydrogen-bond donors (Lipinski definition) is 1. The van der Waals surface area contributed by atoms with Gasteiger partial charge in [0.15, 0.2) is 0 Å². The number of carbonyl (C=O) groups is 1. The lowest BCUT2D eigenvalue weighted by atomic mass is 10.2. The van der Waals surface area contributed by atoms with Gasteiger partial charge in [-0.15, -0.1) is 5.10 Å². The van der Waals surface area contributed by atoms with Crippen molar-refractivity contribution in [3.05, 3.63) is 72.2 Å². The van der Waals surface area contributed by atoms with E-state index in [9.17, 15) is 4.79 Å². The van der Waals surface area contributed by atoms with E-state index in [1.54, 1.807) is 23.2 Å². The Morgan fingerprint density at radius 3 is 2.72 bits per heavy atom. The fourth-order valence-electron chi connectivity index (χ4n) is 3.02. The Labute approximate surface area is 168 Å². The molecule has 1 amide bonds. The van der Waals surface area contributed by atoms with Gasteiger partial charge in [0.1, 0.15) is 11.5 Å². The van der Waals surface area contributed by atoms with Gasteiger partial charge in [0.25, 0.3) is 0 Å². The van der Waals surface area contributed by atoms with Crippen LogP contribution in [0.25, 0.3) is 6.08 Å². The zero-order chi connectivity index (χ0) is 19.9. The number of pyridine rings is 1. The molecule has 8 nitrogen and oxygen atoms in total. The highest BCUT2D eigenvalue weighted by molar-refractivity contribution is 6.01. The lowest BCUT2D eigenvalue weighted by molar-refractivity contribution is -0.111. The summed E-state index contributed by atoms with van der Waals surface area (Å²) in [5.74, 6) is 0.639. The van der Waals surface area contributed by atoms with Crippen molar-refractivity contribution in [3.8, 4) is 0 Å². The lowest BCUT2D eigenvalue weighted by Crippen LogP contribution is -2.36. The minimum absolute atomic E-state index is 0.247. The molecule has 1 saturated heterocycles. The molecule has 0 bridgehead atoms. The molecule has 0 saturated carbocycles. The second kappa shape index (κ2) is 9.11. The maximum atomic E-state index is 12.2. The van der Waals surface area contributed by atoms with Gasteiger partial charge >= 0.3 is 0 Å². The first-order chi connectivity index (χ1) is 14.3. The Kier molecular flexibility index (Phi) is 5.92. The van der Waals surface area contributed by atoms with E-state index in [2.05, 4.69) is 25.5 Å². The molecule has 0 radical (unpaired) electrons. The molecule has 0 atom stereocenters. The van der Waals surface area contributed by atoms with E-state index < -0.39 is 0 Å². The van der Waals surface area contributed by atoms with Gasteiger partial charge in [-0.1, -0.05) is 35.5 Å². The van der Waals surface area contributed by atoms with Crippen molar-refractivity contribution >= 4 is 23.5 Å². The maximum Gasteiger partial charge on any atom is 0.248 e. The number of aromatic nitrogens is 4. The molecule has 3 aromatic rings. The van der Waals surface area contributed by atoms with Gasteiger partial charge in [0.2, 0.25) is 5.91 Å². The summed E-state index contributed by atoms with van der Waals surface area (Å²) in [4.78, 5) is 18.7. The van der Waals surface area contributed by atoms with Crippen LogP contribution in [0.1, 0.15) is 11.3 Å². The molecule has 0 spiro atoms. The monoisotopic (exact) mass is 390 g/mol. The molecular weight excluding hydrogens is 368 g/mol. The van der Waals surface area contributed by atoms with Crippen molar-refractivity contribution in [1.82, 2.24) is 20.0 Å². The molecule has 1 fully saturated rings. The Hall–Kier alpha value is -3.52. The highest BCUT2D eigenvalue weighted by Crippen LogP contribution is 2.15. The minimum Gasteiger partial charge on any atom is -0.378 e. The summed E-state index contributed by atoms with van der Waals surface area (Å²) in [6.45, 7) is 3.70. The lowest BCUT2D eigenvalue weighted by Gasteiger charge is -2.27. The predicted octanol–water partition coefficient (Wildman–Crippen LogP) is 2.21. The molecule has 0 aliphatic carbocycles. The van der Waals surface area contributed by atoms with Gasteiger partial charge < -0.3 is 15.0 Å². The third-order valence-electron chi connectivity index (χ3n) is 4.50. The van der Waals surface area contributed by atoms with E-state index in [0.29, 0.717) is 31.1 Å². The molecule has 1 N–H and O–H groups in total. The topological polar surface area (TPSA) is 85.2 Å². The summed E-state index contributed by atoms with van der Waals surface area (Å²) in [6, 6.07) is 13.8. The molecular formula is C21H22N6O2. The highest BCUT2D eigenvalue weighted by Gasteiger charge is 2.12. The van der Waals surface area contributed by atoms with Gasteiger partial charge in [0, 0.05) is 19.2 Å². The van der Waals surface area contributed by atoms with Gasteiger partial charge in [-0.3, -0.25) is 4.79 Å². The van der Waals surface area contributed by atoms with Crippen LogP contribution in [0.3, 0.4) is 0 Å². The van der Waals surface area contributed by atoms with Crippen LogP contribution in [0.5, 0.6) is 0 Å². The number of nitrogens with zero attached hydrogens (tertiary/aromatic N) is 5. The molecule has 8 heteroatoms. The van der Waals surface area contributed by atoms with Crippen LogP contribution in [0.2, 0.25) is 0 Å². The number of rotatable bonds is 6. The predicted molar refractivity (Wildman–Crippen MR) is 110 cm³/mol. The van der Waals surface area contributed by atoms with Crippen molar-refractivity contribution in [3.63, 3.8) is 0 Å². The maximum absolute atomic E-state index is 12.2. The van der Waals surface area contributed by atoms with E-state index in [1.807, 2.05) is 42.5 Å². The van der Waals surface area contributed by atoms with Crippen LogP contribution in [0, 0.1) is 0 Å². The standard InChI is InChI=1S/C21H22N6O2/c28-21(23-18-6-8-20(22-14-18)26-10-12-29-13-11-26)9-7-19-16-27(25-24-19)15-17-4-2-1-3-5-17/h1-9,14,16H,10-13,15H2,(H,23,28)/b9-7+. The summed E-state index contributed by atoms with van der Waals surface area (Å²) in [5, 5.41) is 11.0. The summed E-state index contributed by atoms with van der Waals surface area (Å²) < 4.78 is 7.08. The number of anilines is 2. The van der Waals surface area contributed by atoms with Crippen molar-refractivity contribution in [1.29, 1.82) is 0 Å². The Morgan fingerprint density at radius 1 is 1.14 bits per heavy atom. The van der Waals surface area contributed by atoms with E-state index in [4.69, 9.17) is 4.74 Å². The Balaban J connectivity index is 1.30. The molecule has 4 rings (SSSR count). The van der Waals surface area contributed by atoms with Crippen molar-refractivity contribution in [2.45, 2.75) is 6.54 Å². The van der Waals surface area contributed by atoms with Gasteiger partial charge in [-0.2, -0.15) is 0 Å². The highest BCUT2D eigenvalue weighted by atomic mass is 16.5. The second-order valence-electron chi connectivity index (χ2n) is 6.65. The Bertz CT molecular complexity index is 962. The van der Waals surface area contributed by atoms with Crippen LogP contribution in [-0.4, -0.2) is 52.2 Å². The fraction of sp³-hybridized carbons (Fsp3) is 0.238. The molecule has 3 heterocycles. The zero-order valence-electron chi connectivity index (χ0n) is 15.9. The number of morpholine rings is 1. The normalized spacial score (nSPS) is 14.3. The third kappa shape index (κ3) is 5.26. The first kappa shape index (κ1) is 18.8. The van der Waals surface area contributed by atoms with Crippen LogP contribution in [0.4, 0.5) is 11.5 Å². The summed E-state index contributed by atoms with van der Waals surface area (Å²) >= 11 is 0. The molecule has 29 heavy (non-hydrogen) atoms. The van der Waals surface area contributed by atoms with Crippen LogP contribution < -0.4 is 10.2 Å². The average molecular weight is 390 g/mol. The fourth-order valence-corrected chi connectivity index (χ4v) is 3.02. The molecule has 2 aromatic heterocycles. The van der Waals surface area contributed by atoms with Crippen molar-refractivity contribution in [2.24, 2.45) is 0 Å². The number of carbonyl (C=O) groups excluding carboxylic acids is 1. The molecule has 148 valence electrons. The number of hydrogen-bond acceptors (Lipinski definition) is 6. The zero-order valence-corrected chi connectivity index (χ0v) is 15.9. The smallest absolute Gasteiger partial charge is 0.248 e.